The van der Waals surface area contributed by atoms with Crippen LogP contribution in [0.5, 0.6) is 0 Å². The SMILES string of the molecule is O=C(O)C1CCCN(C(c2ccc(Br)cc2)c2ccsc2)C1. The van der Waals surface area contributed by atoms with Crippen molar-refractivity contribution in [3.05, 3.63) is 56.7 Å². The average molecular weight is 380 g/mol. The number of benzene rings is 1. The predicted octanol–water partition coefficient (Wildman–Crippen LogP) is 4.40. The van der Waals surface area contributed by atoms with Gasteiger partial charge in [-0.05, 0) is 59.5 Å². The largest absolute Gasteiger partial charge is 0.481 e. The minimum atomic E-state index is -0.676. The van der Waals surface area contributed by atoms with Gasteiger partial charge in [0.1, 0.15) is 0 Å². The van der Waals surface area contributed by atoms with Crippen LogP contribution < -0.4 is 0 Å². The summed E-state index contributed by atoms with van der Waals surface area (Å²) in [6.07, 6.45) is 1.72. The molecule has 1 aromatic carbocycles. The number of piperidine rings is 1. The zero-order valence-electron chi connectivity index (χ0n) is 12.1. The molecule has 22 heavy (non-hydrogen) atoms. The van der Waals surface area contributed by atoms with Crippen LogP contribution in [-0.4, -0.2) is 29.1 Å². The molecule has 1 saturated heterocycles. The highest BCUT2D eigenvalue weighted by Crippen LogP contribution is 2.34. The van der Waals surface area contributed by atoms with Gasteiger partial charge >= 0.3 is 5.97 Å². The second-order valence-electron chi connectivity index (χ2n) is 5.68. The number of hydrogen-bond donors (Lipinski definition) is 1. The lowest BCUT2D eigenvalue weighted by Gasteiger charge is -2.37. The average Bonchev–Trinajstić information content (AvgIpc) is 3.04. The van der Waals surface area contributed by atoms with Gasteiger partial charge in [-0.2, -0.15) is 11.3 Å². The molecule has 3 rings (SSSR count). The van der Waals surface area contributed by atoms with E-state index in [2.05, 4.69) is 49.8 Å². The van der Waals surface area contributed by atoms with Crippen molar-refractivity contribution in [2.24, 2.45) is 5.92 Å². The van der Waals surface area contributed by atoms with Crippen LogP contribution in [0.4, 0.5) is 0 Å². The van der Waals surface area contributed by atoms with E-state index in [4.69, 9.17) is 0 Å². The van der Waals surface area contributed by atoms with Crippen molar-refractivity contribution >= 4 is 33.2 Å². The van der Waals surface area contributed by atoms with E-state index in [-0.39, 0.29) is 12.0 Å². The minimum Gasteiger partial charge on any atom is -0.481 e. The van der Waals surface area contributed by atoms with Crippen molar-refractivity contribution in [2.45, 2.75) is 18.9 Å². The van der Waals surface area contributed by atoms with Gasteiger partial charge in [0.2, 0.25) is 0 Å². The van der Waals surface area contributed by atoms with E-state index in [0.717, 1.165) is 23.9 Å². The van der Waals surface area contributed by atoms with Crippen LogP contribution in [0.15, 0.2) is 45.6 Å². The zero-order valence-corrected chi connectivity index (χ0v) is 14.5. The standard InChI is InChI=1S/C17H18BrNO2S/c18-15-5-3-12(4-6-15)16(14-7-9-22-11-14)19-8-1-2-13(10-19)17(20)21/h3-7,9,11,13,16H,1-2,8,10H2,(H,20,21). The Labute approximate surface area is 142 Å². The molecule has 2 atom stereocenters. The third kappa shape index (κ3) is 3.42. The van der Waals surface area contributed by atoms with Crippen LogP contribution in [0.25, 0.3) is 0 Å². The molecule has 1 aromatic heterocycles. The molecule has 1 fully saturated rings. The highest BCUT2D eigenvalue weighted by atomic mass is 79.9. The predicted molar refractivity (Wildman–Crippen MR) is 92.2 cm³/mol. The van der Waals surface area contributed by atoms with E-state index in [9.17, 15) is 9.90 Å². The molecular formula is C17H18BrNO2S. The molecule has 3 nitrogen and oxygen atoms in total. The summed E-state index contributed by atoms with van der Waals surface area (Å²) in [5.74, 6) is -0.935. The second-order valence-corrected chi connectivity index (χ2v) is 7.38. The Bertz CT molecular complexity index is 627. The number of carboxylic acids is 1. The van der Waals surface area contributed by atoms with Crippen molar-refractivity contribution in [1.29, 1.82) is 0 Å². The van der Waals surface area contributed by atoms with Gasteiger partial charge in [-0.25, -0.2) is 0 Å². The van der Waals surface area contributed by atoms with Gasteiger partial charge in [-0.15, -0.1) is 0 Å². The summed E-state index contributed by atoms with van der Waals surface area (Å²) in [5, 5.41) is 13.6. The summed E-state index contributed by atoms with van der Waals surface area (Å²) < 4.78 is 1.06. The Morgan fingerprint density at radius 2 is 2.05 bits per heavy atom. The number of rotatable bonds is 4. The second kappa shape index (κ2) is 6.94. The maximum atomic E-state index is 11.4. The highest BCUT2D eigenvalue weighted by molar-refractivity contribution is 9.10. The summed E-state index contributed by atoms with van der Waals surface area (Å²) >= 11 is 5.16. The van der Waals surface area contributed by atoms with Crippen LogP contribution in [0, 0.1) is 5.92 Å². The molecular weight excluding hydrogens is 362 g/mol. The third-order valence-corrected chi connectivity index (χ3v) is 5.44. The molecule has 0 radical (unpaired) electrons. The molecule has 116 valence electrons. The number of carboxylic acid groups (broad SMARTS) is 1. The Kier molecular flexibility index (Phi) is 4.96. The van der Waals surface area contributed by atoms with Gasteiger partial charge in [-0.3, -0.25) is 9.69 Å². The number of halogens is 1. The van der Waals surface area contributed by atoms with E-state index in [1.807, 2.05) is 12.1 Å². The number of aliphatic carboxylic acids is 1. The lowest BCUT2D eigenvalue weighted by atomic mass is 9.92. The number of nitrogens with zero attached hydrogens (tertiary/aromatic N) is 1. The first-order valence-electron chi connectivity index (χ1n) is 7.39. The van der Waals surface area contributed by atoms with E-state index in [0.29, 0.717) is 6.54 Å². The van der Waals surface area contributed by atoms with E-state index >= 15 is 0 Å². The van der Waals surface area contributed by atoms with E-state index < -0.39 is 5.97 Å². The van der Waals surface area contributed by atoms with E-state index in [1.165, 1.54) is 11.1 Å². The monoisotopic (exact) mass is 379 g/mol. The number of hydrogen-bond acceptors (Lipinski definition) is 3. The molecule has 2 unspecified atom stereocenters. The molecule has 1 aliphatic heterocycles. The van der Waals surface area contributed by atoms with Crippen LogP contribution in [-0.2, 0) is 4.79 Å². The van der Waals surface area contributed by atoms with Crippen molar-refractivity contribution < 1.29 is 9.90 Å². The van der Waals surface area contributed by atoms with Gasteiger partial charge in [0.25, 0.3) is 0 Å². The summed E-state index contributed by atoms with van der Waals surface area (Å²) in [5.41, 5.74) is 2.46. The summed E-state index contributed by atoms with van der Waals surface area (Å²) in [7, 11) is 0. The van der Waals surface area contributed by atoms with Crippen molar-refractivity contribution in [3.8, 4) is 0 Å². The summed E-state index contributed by atoms with van der Waals surface area (Å²) in [4.78, 5) is 13.7. The molecule has 1 N–H and O–H groups in total. The minimum absolute atomic E-state index is 0.140. The lowest BCUT2D eigenvalue weighted by Crippen LogP contribution is -2.41. The fraction of sp³-hybridized carbons (Fsp3) is 0.353. The maximum Gasteiger partial charge on any atom is 0.307 e. The van der Waals surface area contributed by atoms with Gasteiger partial charge in [0.15, 0.2) is 0 Å². The lowest BCUT2D eigenvalue weighted by molar-refractivity contribution is -0.143. The molecule has 1 aliphatic rings. The number of thiophene rings is 1. The van der Waals surface area contributed by atoms with Crippen molar-refractivity contribution in [2.75, 3.05) is 13.1 Å². The summed E-state index contributed by atoms with van der Waals surface area (Å²) in [6, 6.07) is 10.6. The van der Waals surface area contributed by atoms with E-state index in [1.54, 1.807) is 11.3 Å². The fourth-order valence-electron chi connectivity index (χ4n) is 3.13. The zero-order chi connectivity index (χ0) is 15.5. The highest BCUT2D eigenvalue weighted by Gasteiger charge is 2.31. The quantitative estimate of drug-likeness (QED) is 0.855. The topological polar surface area (TPSA) is 40.5 Å². The molecule has 0 aliphatic carbocycles. The van der Waals surface area contributed by atoms with Crippen molar-refractivity contribution in [3.63, 3.8) is 0 Å². The summed E-state index contributed by atoms with van der Waals surface area (Å²) in [6.45, 7) is 1.56. The fourth-order valence-corrected chi connectivity index (χ4v) is 4.08. The van der Waals surface area contributed by atoms with Gasteiger partial charge in [0, 0.05) is 11.0 Å². The smallest absolute Gasteiger partial charge is 0.307 e. The molecule has 0 spiro atoms. The normalized spacial score (nSPS) is 20.7. The maximum absolute atomic E-state index is 11.4. The first kappa shape index (κ1) is 15.7. The molecule has 2 heterocycles. The van der Waals surface area contributed by atoms with Crippen LogP contribution in [0.3, 0.4) is 0 Å². The Hall–Kier alpha value is -1.17. The van der Waals surface area contributed by atoms with Crippen LogP contribution in [0.1, 0.15) is 30.0 Å². The number of likely N-dealkylation sites (tertiary alicyclic amines) is 1. The van der Waals surface area contributed by atoms with Gasteiger partial charge in [-0.1, -0.05) is 28.1 Å². The molecule has 0 amide bonds. The molecule has 0 saturated carbocycles. The van der Waals surface area contributed by atoms with Gasteiger partial charge < -0.3 is 5.11 Å². The first-order valence-corrected chi connectivity index (χ1v) is 9.13. The first-order chi connectivity index (χ1) is 10.6. The third-order valence-electron chi connectivity index (χ3n) is 4.21. The Morgan fingerprint density at radius 3 is 2.68 bits per heavy atom. The Morgan fingerprint density at radius 1 is 1.27 bits per heavy atom. The van der Waals surface area contributed by atoms with Crippen LogP contribution >= 0.6 is 27.3 Å². The van der Waals surface area contributed by atoms with Crippen molar-refractivity contribution in [1.82, 2.24) is 4.90 Å². The Balaban J connectivity index is 1.92. The van der Waals surface area contributed by atoms with Gasteiger partial charge in [0.05, 0.1) is 12.0 Å². The molecule has 5 heteroatoms. The molecule has 0 bridgehead atoms. The molecule has 2 aromatic rings. The number of carbonyl (C=O) groups is 1. The van der Waals surface area contributed by atoms with Crippen LogP contribution in [0.2, 0.25) is 0 Å².